The summed E-state index contributed by atoms with van der Waals surface area (Å²) in [5, 5.41) is 4.22. The summed E-state index contributed by atoms with van der Waals surface area (Å²) < 4.78 is 19.8. The van der Waals surface area contributed by atoms with Crippen molar-refractivity contribution in [2.24, 2.45) is 0 Å². The largest absolute Gasteiger partial charge is 0.361 e. The first-order chi connectivity index (χ1) is 11.0. The number of halogens is 2. The van der Waals surface area contributed by atoms with Crippen molar-refractivity contribution in [3.8, 4) is 11.1 Å². The van der Waals surface area contributed by atoms with Gasteiger partial charge in [-0.05, 0) is 37.6 Å². The maximum atomic E-state index is 13.1. The van der Waals surface area contributed by atoms with E-state index in [1.807, 2.05) is 13.8 Å². The minimum atomic E-state index is -0.407. The smallest absolute Gasteiger partial charge is 0.250 e. The highest BCUT2D eigenvalue weighted by Gasteiger charge is 2.13. The van der Waals surface area contributed by atoms with Crippen LogP contribution in [0.5, 0.6) is 0 Å². The molecule has 0 unspecified atom stereocenters. The number of aromatic nitrogens is 2. The number of aryl methyl sites for hydroxylation is 2. The molecule has 0 aliphatic rings. The molecule has 0 aliphatic heterocycles. The summed E-state index contributed by atoms with van der Waals surface area (Å²) in [6.45, 7) is 3.93. The van der Waals surface area contributed by atoms with E-state index in [1.54, 1.807) is 18.3 Å². The van der Waals surface area contributed by atoms with Crippen LogP contribution in [0.2, 0.25) is 5.02 Å². The molecule has 23 heavy (non-hydrogen) atoms. The highest BCUT2D eigenvalue weighted by atomic mass is 35.5. The second-order valence-corrected chi connectivity index (χ2v) is 5.73. The number of benzene rings is 1. The lowest BCUT2D eigenvalue weighted by atomic mass is 10.1. The van der Waals surface area contributed by atoms with Crippen molar-refractivity contribution in [1.29, 1.82) is 0 Å². The minimum Gasteiger partial charge on any atom is -0.361 e. The molecule has 3 rings (SSSR count). The fourth-order valence-corrected chi connectivity index (χ4v) is 2.76. The Bertz CT molecular complexity index is 911. The first-order valence-corrected chi connectivity index (χ1v) is 7.41. The molecule has 2 heterocycles. The SMILES string of the molecule is Cc1noc(C)c1-c1ccc(=O)n(Cc2ccc(F)cc2Cl)c1. The van der Waals surface area contributed by atoms with Crippen molar-refractivity contribution < 1.29 is 8.91 Å². The average Bonchev–Trinajstić information content (AvgIpc) is 2.83. The molecule has 0 N–H and O–H groups in total. The Morgan fingerprint density at radius 1 is 1.26 bits per heavy atom. The average molecular weight is 333 g/mol. The molecule has 0 bridgehead atoms. The number of hydrogen-bond acceptors (Lipinski definition) is 3. The molecule has 2 aromatic heterocycles. The van der Waals surface area contributed by atoms with E-state index in [9.17, 15) is 9.18 Å². The molecular formula is C17H14ClFN2O2. The molecule has 0 saturated carbocycles. The minimum absolute atomic E-state index is 0.166. The van der Waals surface area contributed by atoms with Gasteiger partial charge in [-0.1, -0.05) is 22.8 Å². The van der Waals surface area contributed by atoms with Crippen molar-refractivity contribution in [2.75, 3.05) is 0 Å². The Morgan fingerprint density at radius 3 is 2.70 bits per heavy atom. The van der Waals surface area contributed by atoms with E-state index in [1.165, 1.54) is 22.8 Å². The predicted octanol–water partition coefficient (Wildman–Crippen LogP) is 3.96. The molecule has 4 nitrogen and oxygen atoms in total. The van der Waals surface area contributed by atoms with Crippen molar-refractivity contribution in [2.45, 2.75) is 20.4 Å². The third-order valence-corrected chi connectivity index (χ3v) is 4.01. The molecule has 0 aliphatic carbocycles. The van der Waals surface area contributed by atoms with Gasteiger partial charge < -0.3 is 9.09 Å². The first kappa shape index (κ1) is 15.5. The predicted molar refractivity (Wildman–Crippen MR) is 86.2 cm³/mol. The van der Waals surface area contributed by atoms with Crippen molar-refractivity contribution in [1.82, 2.24) is 9.72 Å². The van der Waals surface area contributed by atoms with Crippen LogP contribution in [-0.2, 0) is 6.54 Å². The van der Waals surface area contributed by atoms with E-state index in [0.29, 0.717) is 16.3 Å². The van der Waals surface area contributed by atoms with E-state index >= 15 is 0 Å². The van der Waals surface area contributed by atoms with E-state index in [0.717, 1.165) is 16.8 Å². The van der Waals surface area contributed by atoms with Crippen molar-refractivity contribution >= 4 is 11.6 Å². The summed E-state index contributed by atoms with van der Waals surface area (Å²) in [5.74, 6) is 0.281. The molecule has 3 aromatic rings. The number of hydrogen-bond donors (Lipinski definition) is 0. The van der Waals surface area contributed by atoms with E-state index in [4.69, 9.17) is 16.1 Å². The molecule has 0 fully saturated rings. The van der Waals surface area contributed by atoms with Crippen LogP contribution in [0.3, 0.4) is 0 Å². The summed E-state index contributed by atoms with van der Waals surface area (Å²) >= 11 is 6.04. The van der Waals surface area contributed by atoms with Crippen LogP contribution >= 0.6 is 11.6 Å². The van der Waals surface area contributed by atoms with E-state index in [-0.39, 0.29) is 12.1 Å². The van der Waals surface area contributed by atoms with Gasteiger partial charge in [0.15, 0.2) is 0 Å². The summed E-state index contributed by atoms with van der Waals surface area (Å²) in [6, 6.07) is 7.35. The number of rotatable bonds is 3. The maximum Gasteiger partial charge on any atom is 0.250 e. The van der Waals surface area contributed by atoms with Gasteiger partial charge in [-0.2, -0.15) is 0 Å². The van der Waals surface area contributed by atoms with Crippen molar-refractivity contribution in [3.63, 3.8) is 0 Å². The molecular weight excluding hydrogens is 319 g/mol. The van der Waals surface area contributed by atoms with Gasteiger partial charge in [0.05, 0.1) is 12.2 Å². The van der Waals surface area contributed by atoms with Gasteiger partial charge in [-0.25, -0.2) is 4.39 Å². The third-order valence-electron chi connectivity index (χ3n) is 3.66. The van der Waals surface area contributed by atoms with E-state index in [2.05, 4.69) is 5.16 Å². The Balaban J connectivity index is 2.03. The van der Waals surface area contributed by atoms with Crippen LogP contribution in [0.1, 0.15) is 17.0 Å². The van der Waals surface area contributed by atoms with Gasteiger partial charge in [0.25, 0.3) is 5.56 Å². The standard InChI is InChI=1S/C17H14ClFN2O2/c1-10-17(11(2)23-20-10)13-4-6-16(22)21(9-13)8-12-3-5-14(19)7-15(12)18/h3-7,9H,8H2,1-2H3. The summed E-state index contributed by atoms with van der Waals surface area (Å²) in [5.41, 5.74) is 2.96. The Hall–Kier alpha value is -2.40. The Kier molecular flexibility index (Phi) is 4.05. The molecule has 0 amide bonds. The zero-order chi connectivity index (χ0) is 16.6. The summed E-state index contributed by atoms with van der Waals surface area (Å²) in [7, 11) is 0. The quantitative estimate of drug-likeness (QED) is 0.729. The first-order valence-electron chi connectivity index (χ1n) is 7.03. The molecule has 6 heteroatoms. The number of nitrogens with zero attached hydrogens (tertiary/aromatic N) is 2. The zero-order valence-corrected chi connectivity index (χ0v) is 13.4. The number of pyridine rings is 1. The molecule has 0 saturated heterocycles. The van der Waals surface area contributed by atoms with Gasteiger partial charge in [-0.15, -0.1) is 0 Å². The van der Waals surface area contributed by atoms with Crippen LogP contribution < -0.4 is 5.56 Å². The molecule has 0 spiro atoms. The van der Waals surface area contributed by atoms with Crippen LogP contribution in [-0.4, -0.2) is 9.72 Å². The van der Waals surface area contributed by atoms with Crippen molar-refractivity contribution in [3.05, 3.63) is 74.7 Å². The fraction of sp³-hybridized carbons (Fsp3) is 0.176. The van der Waals surface area contributed by atoms with Gasteiger partial charge in [0, 0.05) is 28.4 Å². The Labute approximate surface area is 137 Å². The Morgan fingerprint density at radius 2 is 2.04 bits per heavy atom. The topological polar surface area (TPSA) is 48.0 Å². The normalized spacial score (nSPS) is 11.0. The molecule has 0 atom stereocenters. The van der Waals surface area contributed by atoms with E-state index < -0.39 is 5.82 Å². The lowest BCUT2D eigenvalue weighted by molar-refractivity contribution is 0.393. The van der Waals surface area contributed by atoms with Crippen LogP contribution in [0.4, 0.5) is 4.39 Å². The third kappa shape index (κ3) is 3.05. The van der Waals surface area contributed by atoms with Crippen LogP contribution in [0.25, 0.3) is 11.1 Å². The highest BCUT2D eigenvalue weighted by Crippen LogP contribution is 2.26. The van der Waals surface area contributed by atoms with Gasteiger partial charge in [0.1, 0.15) is 11.6 Å². The van der Waals surface area contributed by atoms with Crippen LogP contribution in [0, 0.1) is 19.7 Å². The molecule has 1 aromatic carbocycles. The molecule has 0 radical (unpaired) electrons. The summed E-state index contributed by atoms with van der Waals surface area (Å²) in [4.78, 5) is 12.1. The fourth-order valence-electron chi connectivity index (χ4n) is 2.53. The van der Waals surface area contributed by atoms with Crippen LogP contribution in [0.15, 0.2) is 45.8 Å². The zero-order valence-electron chi connectivity index (χ0n) is 12.6. The lowest BCUT2D eigenvalue weighted by Crippen LogP contribution is -2.19. The lowest BCUT2D eigenvalue weighted by Gasteiger charge is -2.10. The second kappa shape index (κ2) is 6.01. The monoisotopic (exact) mass is 332 g/mol. The summed E-state index contributed by atoms with van der Waals surface area (Å²) in [6.07, 6.45) is 1.73. The molecule has 118 valence electrons. The highest BCUT2D eigenvalue weighted by molar-refractivity contribution is 6.31. The van der Waals surface area contributed by atoms with Gasteiger partial charge >= 0.3 is 0 Å². The van der Waals surface area contributed by atoms with Gasteiger partial charge in [0.2, 0.25) is 0 Å². The maximum absolute atomic E-state index is 13.1. The second-order valence-electron chi connectivity index (χ2n) is 5.32. The van der Waals surface area contributed by atoms with Gasteiger partial charge in [-0.3, -0.25) is 4.79 Å².